The predicted octanol–water partition coefficient (Wildman–Crippen LogP) is 1.66. The molecule has 0 unspecified atom stereocenters. The van der Waals surface area contributed by atoms with Gasteiger partial charge in [0.25, 0.3) is 0 Å². The van der Waals surface area contributed by atoms with Gasteiger partial charge in [0.2, 0.25) is 0 Å². The molecule has 0 aliphatic carbocycles. The van der Waals surface area contributed by atoms with Crippen LogP contribution in [0.2, 0.25) is 0 Å². The normalized spacial score (nSPS) is 9.88. The maximum Gasteiger partial charge on any atom is 0.340 e. The minimum Gasteiger partial charge on any atom is -0.465 e. The number of methoxy groups -OCH3 is 1. The van der Waals surface area contributed by atoms with Crippen LogP contribution < -0.4 is 11.1 Å². The smallest absolute Gasteiger partial charge is 0.340 e. The number of hydrogen-bond donors (Lipinski definition) is 2. The molecule has 88 valence electrons. The first-order valence-corrected chi connectivity index (χ1v) is 5.27. The largest absolute Gasteiger partial charge is 0.465 e. The van der Waals surface area contributed by atoms with E-state index < -0.39 is 5.97 Å². The van der Waals surface area contributed by atoms with Crippen LogP contribution in [0.1, 0.15) is 30.1 Å². The Bertz CT molecular complexity index is 366. The number of nitrogen functional groups attached to an aromatic ring is 1. The summed E-state index contributed by atoms with van der Waals surface area (Å²) in [4.78, 5) is 15.4. The number of ether oxygens (including phenoxy) is 1. The molecule has 5 heteroatoms. The van der Waals surface area contributed by atoms with Crippen molar-refractivity contribution in [3.63, 3.8) is 0 Å². The number of carbonyl (C=O) groups excluding carboxylic acids is 1. The molecule has 5 nitrogen and oxygen atoms in total. The van der Waals surface area contributed by atoms with E-state index in [0.29, 0.717) is 17.1 Å². The second kappa shape index (κ2) is 5.95. The van der Waals surface area contributed by atoms with Crippen LogP contribution >= 0.6 is 0 Å². The van der Waals surface area contributed by atoms with Gasteiger partial charge in [0.1, 0.15) is 5.82 Å². The van der Waals surface area contributed by atoms with E-state index in [9.17, 15) is 4.79 Å². The minimum absolute atomic E-state index is 0.338. The van der Waals surface area contributed by atoms with Crippen LogP contribution in [-0.4, -0.2) is 24.6 Å². The second-order valence-electron chi connectivity index (χ2n) is 3.39. The fourth-order valence-electron chi connectivity index (χ4n) is 1.29. The van der Waals surface area contributed by atoms with Crippen LogP contribution in [0.4, 0.5) is 11.5 Å². The zero-order valence-corrected chi connectivity index (χ0v) is 9.62. The zero-order valence-electron chi connectivity index (χ0n) is 9.62. The van der Waals surface area contributed by atoms with Crippen LogP contribution in [0.3, 0.4) is 0 Å². The molecule has 1 heterocycles. The van der Waals surface area contributed by atoms with Gasteiger partial charge in [-0.15, -0.1) is 0 Å². The molecule has 0 amide bonds. The number of anilines is 2. The Kier molecular flexibility index (Phi) is 4.57. The molecule has 1 aromatic rings. The van der Waals surface area contributed by atoms with E-state index in [1.165, 1.54) is 13.3 Å². The number of carbonyl (C=O) groups is 1. The Morgan fingerprint density at radius 1 is 1.62 bits per heavy atom. The molecular formula is C11H17N3O2. The lowest BCUT2D eigenvalue weighted by Gasteiger charge is -2.10. The van der Waals surface area contributed by atoms with Crippen molar-refractivity contribution in [1.29, 1.82) is 0 Å². The molecule has 0 radical (unpaired) electrons. The number of rotatable bonds is 5. The van der Waals surface area contributed by atoms with Gasteiger partial charge in [0.05, 0.1) is 18.4 Å². The van der Waals surface area contributed by atoms with Gasteiger partial charge in [-0.1, -0.05) is 13.3 Å². The lowest BCUT2D eigenvalue weighted by Crippen LogP contribution is -2.11. The summed E-state index contributed by atoms with van der Waals surface area (Å²) in [7, 11) is 1.33. The molecule has 0 aromatic carbocycles. The number of nitrogens with two attached hydrogens (primary N) is 1. The third-order valence-corrected chi connectivity index (χ3v) is 2.22. The summed E-state index contributed by atoms with van der Waals surface area (Å²) < 4.78 is 4.62. The van der Waals surface area contributed by atoms with Crippen LogP contribution in [-0.2, 0) is 4.74 Å². The van der Waals surface area contributed by atoms with Crippen molar-refractivity contribution in [3.05, 3.63) is 17.8 Å². The Morgan fingerprint density at radius 2 is 2.38 bits per heavy atom. The first-order chi connectivity index (χ1) is 7.70. The molecule has 0 bridgehead atoms. The van der Waals surface area contributed by atoms with E-state index in [1.54, 1.807) is 6.07 Å². The second-order valence-corrected chi connectivity index (χ2v) is 3.39. The quantitative estimate of drug-likeness (QED) is 0.586. The van der Waals surface area contributed by atoms with Crippen molar-refractivity contribution >= 4 is 17.5 Å². The Balaban J connectivity index is 2.82. The topological polar surface area (TPSA) is 77.2 Å². The fraction of sp³-hybridized carbons (Fsp3) is 0.455. The maximum atomic E-state index is 11.4. The number of nitrogens with zero attached hydrogens (tertiary/aromatic N) is 1. The zero-order chi connectivity index (χ0) is 12.0. The molecule has 16 heavy (non-hydrogen) atoms. The van der Waals surface area contributed by atoms with E-state index in [0.717, 1.165) is 19.4 Å². The third kappa shape index (κ3) is 2.85. The number of pyridine rings is 1. The summed E-state index contributed by atoms with van der Waals surface area (Å²) in [5.74, 6) is 0.0924. The highest BCUT2D eigenvalue weighted by molar-refractivity contribution is 5.97. The summed E-state index contributed by atoms with van der Waals surface area (Å²) in [5, 5.41) is 3.09. The molecular weight excluding hydrogens is 206 g/mol. The molecule has 0 fully saturated rings. The van der Waals surface area contributed by atoms with E-state index in [4.69, 9.17) is 5.73 Å². The lowest BCUT2D eigenvalue weighted by molar-refractivity contribution is 0.0602. The number of aromatic nitrogens is 1. The average molecular weight is 223 g/mol. The highest BCUT2D eigenvalue weighted by Gasteiger charge is 2.13. The number of unbranched alkanes of at least 4 members (excludes halogenated alkanes) is 1. The highest BCUT2D eigenvalue weighted by atomic mass is 16.5. The van der Waals surface area contributed by atoms with Crippen molar-refractivity contribution in [2.45, 2.75) is 19.8 Å². The summed E-state index contributed by atoms with van der Waals surface area (Å²) in [6, 6.07) is 1.55. The van der Waals surface area contributed by atoms with Gasteiger partial charge in [0.15, 0.2) is 0 Å². The van der Waals surface area contributed by atoms with Gasteiger partial charge in [-0.25, -0.2) is 9.78 Å². The third-order valence-electron chi connectivity index (χ3n) is 2.22. The molecule has 1 aromatic heterocycles. The van der Waals surface area contributed by atoms with Gasteiger partial charge in [-0.2, -0.15) is 0 Å². The van der Waals surface area contributed by atoms with Crippen LogP contribution in [0.15, 0.2) is 12.3 Å². The summed E-state index contributed by atoms with van der Waals surface area (Å²) in [6.45, 7) is 2.89. The van der Waals surface area contributed by atoms with Gasteiger partial charge in [-0.05, 0) is 12.5 Å². The molecule has 0 aliphatic heterocycles. The number of hydrogen-bond acceptors (Lipinski definition) is 5. The first-order valence-electron chi connectivity index (χ1n) is 5.27. The standard InChI is InChI=1S/C11H17N3O2/c1-3-4-6-13-10-9(12)8(5-7-14-10)11(15)16-2/h5,7H,3-4,6,12H2,1-2H3,(H,13,14). The van der Waals surface area contributed by atoms with Gasteiger partial charge < -0.3 is 15.8 Å². The van der Waals surface area contributed by atoms with Crippen molar-refractivity contribution in [1.82, 2.24) is 4.98 Å². The molecule has 0 aliphatic rings. The van der Waals surface area contributed by atoms with Gasteiger partial charge >= 0.3 is 5.97 Å². The molecule has 0 saturated heterocycles. The predicted molar refractivity (Wildman–Crippen MR) is 63.4 cm³/mol. The maximum absolute atomic E-state index is 11.4. The fourth-order valence-corrected chi connectivity index (χ4v) is 1.29. The summed E-state index contributed by atoms with van der Waals surface area (Å²) >= 11 is 0. The summed E-state index contributed by atoms with van der Waals surface area (Å²) in [5.41, 5.74) is 6.50. The first kappa shape index (κ1) is 12.3. The van der Waals surface area contributed by atoms with Gasteiger partial charge in [0, 0.05) is 12.7 Å². The van der Waals surface area contributed by atoms with Crippen molar-refractivity contribution in [3.8, 4) is 0 Å². The Morgan fingerprint density at radius 3 is 3.00 bits per heavy atom. The molecule has 1 rings (SSSR count). The highest BCUT2D eigenvalue weighted by Crippen LogP contribution is 2.20. The average Bonchev–Trinajstić information content (AvgIpc) is 2.30. The van der Waals surface area contributed by atoms with E-state index >= 15 is 0 Å². The molecule has 0 saturated carbocycles. The van der Waals surface area contributed by atoms with Crippen molar-refractivity contribution in [2.24, 2.45) is 0 Å². The summed E-state index contributed by atoms with van der Waals surface area (Å²) in [6.07, 6.45) is 3.66. The monoisotopic (exact) mass is 223 g/mol. The Hall–Kier alpha value is -1.78. The minimum atomic E-state index is -0.446. The van der Waals surface area contributed by atoms with Crippen LogP contribution in [0, 0.1) is 0 Å². The van der Waals surface area contributed by atoms with Crippen molar-refractivity contribution < 1.29 is 9.53 Å². The van der Waals surface area contributed by atoms with Gasteiger partial charge in [-0.3, -0.25) is 0 Å². The van der Waals surface area contributed by atoms with E-state index in [-0.39, 0.29) is 0 Å². The number of nitrogens with one attached hydrogen (secondary N) is 1. The SMILES string of the molecule is CCCCNc1nccc(C(=O)OC)c1N. The van der Waals surface area contributed by atoms with Crippen LogP contribution in [0.5, 0.6) is 0 Å². The lowest BCUT2D eigenvalue weighted by atomic mass is 10.2. The number of esters is 1. The van der Waals surface area contributed by atoms with E-state index in [1.807, 2.05) is 0 Å². The van der Waals surface area contributed by atoms with Crippen molar-refractivity contribution in [2.75, 3.05) is 24.7 Å². The molecule has 0 atom stereocenters. The molecule has 0 spiro atoms. The van der Waals surface area contributed by atoms with Crippen LogP contribution in [0.25, 0.3) is 0 Å². The Labute approximate surface area is 95.0 Å². The molecule has 3 N–H and O–H groups in total. The van der Waals surface area contributed by atoms with E-state index in [2.05, 4.69) is 22.0 Å².